The third-order valence-electron chi connectivity index (χ3n) is 7.64. The van der Waals surface area contributed by atoms with Crippen molar-refractivity contribution in [3.63, 3.8) is 0 Å². The highest BCUT2D eigenvalue weighted by Gasteiger charge is 2.63. The molecule has 33 heavy (non-hydrogen) atoms. The van der Waals surface area contributed by atoms with Gasteiger partial charge in [-0.1, -0.05) is 32.4 Å². The predicted molar refractivity (Wildman–Crippen MR) is 126 cm³/mol. The lowest BCUT2D eigenvalue weighted by Crippen LogP contribution is -2.53. The molecule has 0 aromatic heterocycles. The van der Waals surface area contributed by atoms with Crippen molar-refractivity contribution in [2.75, 3.05) is 0 Å². The van der Waals surface area contributed by atoms with Gasteiger partial charge in [-0.25, -0.2) is 9.59 Å². The summed E-state index contributed by atoms with van der Waals surface area (Å²) in [6, 6.07) is 5.92. The zero-order valence-corrected chi connectivity index (χ0v) is 20.4. The molecular formula is C27H36O6. The normalized spacial score (nSPS) is 32.1. The van der Waals surface area contributed by atoms with Crippen LogP contribution in [0.2, 0.25) is 0 Å². The van der Waals surface area contributed by atoms with Crippen LogP contribution in [-0.2, 0) is 14.3 Å². The van der Waals surface area contributed by atoms with Crippen molar-refractivity contribution in [1.29, 1.82) is 0 Å². The van der Waals surface area contributed by atoms with Crippen molar-refractivity contribution in [3.8, 4) is 5.75 Å². The predicted octanol–water partition coefficient (Wildman–Crippen LogP) is 4.95. The number of carbonyl (C=O) groups is 2. The van der Waals surface area contributed by atoms with Gasteiger partial charge in [0.2, 0.25) is 0 Å². The highest BCUT2D eigenvalue weighted by atomic mass is 16.6. The lowest BCUT2D eigenvalue weighted by atomic mass is 9.66. The van der Waals surface area contributed by atoms with Crippen LogP contribution in [0.1, 0.15) is 71.2 Å². The second-order valence-corrected chi connectivity index (χ2v) is 10.1. The van der Waals surface area contributed by atoms with Crippen molar-refractivity contribution < 1.29 is 29.3 Å². The average molecular weight is 457 g/mol. The van der Waals surface area contributed by atoms with Crippen LogP contribution in [0.3, 0.4) is 0 Å². The molecule has 2 N–H and O–H groups in total. The third-order valence-corrected chi connectivity index (χ3v) is 7.64. The molecule has 6 nitrogen and oxygen atoms in total. The molecule has 5 atom stereocenters. The van der Waals surface area contributed by atoms with E-state index in [2.05, 4.69) is 0 Å². The molecule has 1 aromatic rings. The Labute approximate surface area is 196 Å². The maximum Gasteiger partial charge on any atom is 0.338 e. The van der Waals surface area contributed by atoms with E-state index >= 15 is 0 Å². The number of carbonyl (C=O) groups excluding carboxylic acids is 2. The minimum absolute atomic E-state index is 0.0680. The topological polar surface area (TPSA) is 93.1 Å². The van der Waals surface area contributed by atoms with Crippen LogP contribution in [-0.4, -0.2) is 40.0 Å². The number of esters is 2. The molecule has 0 radical (unpaired) electrons. The molecule has 1 fully saturated rings. The van der Waals surface area contributed by atoms with Gasteiger partial charge < -0.3 is 19.7 Å². The summed E-state index contributed by atoms with van der Waals surface area (Å²) in [5.74, 6) is -1.33. The summed E-state index contributed by atoms with van der Waals surface area (Å²) in [4.78, 5) is 25.7. The molecule has 2 aliphatic carbocycles. The largest absolute Gasteiger partial charge is 0.508 e. The number of phenolic OH excluding ortho intramolecular Hbond substituents is 1. The summed E-state index contributed by atoms with van der Waals surface area (Å²) in [5, 5.41) is 21.4. The van der Waals surface area contributed by atoms with Crippen LogP contribution < -0.4 is 0 Å². The summed E-state index contributed by atoms with van der Waals surface area (Å²) in [6.07, 6.45) is 4.14. The van der Waals surface area contributed by atoms with Gasteiger partial charge in [0.15, 0.2) is 0 Å². The standard InChI is InChI=1S/C27H36O6/c1-7-18(5)24(29)33-22-15-17(4)14-21(32-25(30)19-8-10-20(28)11-9-19)23-26(22,6)12-13-27(23,31)16(2)3/h7-11,15-16,21-23,28,31H,12-14H2,1-6H3/b18-7-/t21-,22-,23?,26+,27+/m1/s1. The summed E-state index contributed by atoms with van der Waals surface area (Å²) >= 11 is 0. The van der Waals surface area contributed by atoms with Gasteiger partial charge in [-0.3, -0.25) is 0 Å². The molecule has 1 aromatic carbocycles. The van der Waals surface area contributed by atoms with Crippen LogP contribution in [0.15, 0.2) is 47.6 Å². The molecule has 6 heteroatoms. The van der Waals surface area contributed by atoms with Gasteiger partial charge in [0.25, 0.3) is 0 Å². The first-order valence-corrected chi connectivity index (χ1v) is 11.7. The number of phenols is 1. The number of fused-ring (bicyclic) bond motifs is 1. The van der Waals surface area contributed by atoms with E-state index in [9.17, 15) is 19.8 Å². The molecule has 1 saturated carbocycles. The monoisotopic (exact) mass is 456 g/mol. The number of allylic oxidation sites excluding steroid dienone is 1. The second kappa shape index (κ2) is 9.34. The summed E-state index contributed by atoms with van der Waals surface area (Å²) in [7, 11) is 0. The van der Waals surface area contributed by atoms with Crippen molar-refractivity contribution >= 4 is 11.9 Å². The SMILES string of the molecule is C/C=C(/C)C(=O)O[C@@H]1C=C(C)C[C@@H](OC(=O)c2ccc(O)cc2)C2[C@@](O)(C(C)C)CC[C@]21C. The molecule has 0 spiro atoms. The summed E-state index contributed by atoms with van der Waals surface area (Å²) in [6.45, 7) is 11.4. The Morgan fingerprint density at radius 1 is 1.15 bits per heavy atom. The first kappa shape index (κ1) is 25.0. The first-order valence-electron chi connectivity index (χ1n) is 11.7. The minimum atomic E-state index is -1.08. The number of rotatable bonds is 5. The molecule has 180 valence electrons. The van der Waals surface area contributed by atoms with E-state index in [1.165, 1.54) is 24.3 Å². The van der Waals surface area contributed by atoms with Gasteiger partial charge in [0, 0.05) is 23.3 Å². The van der Waals surface area contributed by atoms with Gasteiger partial charge >= 0.3 is 11.9 Å². The lowest BCUT2D eigenvalue weighted by Gasteiger charge is -2.45. The molecule has 0 saturated heterocycles. The lowest BCUT2D eigenvalue weighted by molar-refractivity contribution is -0.159. The molecule has 1 unspecified atom stereocenters. The van der Waals surface area contributed by atoms with Gasteiger partial charge in [0.05, 0.1) is 11.2 Å². The van der Waals surface area contributed by atoms with Crippen molar-refractivity contribution in [3.05, 3.63) is 53.1 Å². The van der Waals surface area contributed by atoms with Gasteiger partial charge in [-0.15, -0.1) is 0 Å². The second-order valence-electron chi connectivity index (χ2n) is 10.1. The van der Waals surface area contributed by atoms with Crippen molar-refractivity contribution in [2.24, 2.45) is 17.3 Å². The van der Waals surface area contributed by atoms with Crippen LogP contribution >= 0.6 is 0 Å². The molecule has 2 aliphatic rings. The summed E-state index contributed by atoms with van der Waals surface area (Å²) < 4.78 is 12.0. The number of aliphatic hydroxyl groups is 1. The zero-order valence-electron chi connectivity index (χ0n) is 20.4. The van der Waals surface area contributed by atoms with Crippen LogP contribution in [0.5, 0.6) is 5.75 Å². The van der Waals surface area contributed by atoms with Gasteiger partial charge in [-0.05, 0) is 69.9 Å². The molecule has 0 bridgehead atoms. The molecule has 0 aliphatic heterocycles. The van der Waals surface area contributed by atoms with Crippen LogP contribution in [0, 0.1) is 17.3 Å². The number of aromatic hydroxyl groups is 1. The molecule has 0 amide bonds. The first-order chi connectivity index (χ1) is 15.4. The Bertz CT molecular complexity index is 959. The number of ether oxygens (including phenoxy) is 2. The third kappa shape index (κ3) is 4.72. The molecule has 0 heterocycles. The van der Waals surface area contributed by atoms with E-state index in [0.29, 0.717) is 30.4 Å². The van der Waals surface area contributed by atoms with Crippen LogP contribution in [0.4, 0.5) is 0 Å². The fraction of sp³-hybridized carbons (Fsp3) is 0.556. The van der Waals surface area contributed by atoms with Crippen molar-refractivity contribution in [2.45, 2.75) is 78.6 Å². The Morgan fingerprint density at radius 2 is 1.79 bits per heavy atom. The molecule has 3 rings (SSSR count). The smallest absolute Gasteiger partial charge is 0.338 e. The number of hydrogen-bond donors (Lipinski definition) is 2. The minimum Gasteiger partial charge on any atom is -0.508 e. The Kier molecular flexibility index (Phi) is 7.08. The molecular weight excluding hydrogens is 420 g/mol. The number of hydrogen-bond acceptors (Lipinski definition) is 6. The van der Waals surface area contributed by atoms with E-state index in [4.69, 9.17) is 9.47 Å². The Hall–Kier alpha value is -2.60. The van der Waals surface area contributed by atoms with Crippen LogP contribution in [0.25, 0.3) is 0 Å². The summed E-state index contributed by atoms with van der Waals surface area (Å²) in [5.41, 5.74) is 0.112. The van der Waals surface area contributed by atoms with E-state index in [1.807, 2.05) is 33.8 Å². The average Bonchev–Trinajstić information content (AvgIpc) is 3.00. The fourth-order valence-corrected chi connectivity index (χ4v) is 5.42. The van der Waals surface area contributed by atoms with Gasteiger partial charge in [0.1, 0.15) is 18.0 Å². The van der Waals surface area contributed by atoms with E-state index in [-0.39, 0.29) is 17.6 Å². The fourth-order valence-electron chi connectivity index (χ4n) is 5.42. The Morgan fingerprint density at radius 3 is 2.36 bits per heavy atom. The Balaban J connectivity index is 2.01. The van der Waals surface area contributed by atoms with Gasteiger partial charge in [-0.2, -0.15) is 0 Å². The zero-order chi connectivity index (χ0) is 24.6. The highest BCUT2D eigenvalue weighted by Crippen LogP contribution is 2.58. The van der Waals surface area contributed by atoms with E-state index in [0.717, 1.165) is 5.57 Å². The highest BCUT2D eigenvalue weighted by molar-refractivity contribution is 5.89. The quantitative estimate of drug-likeness (QED) is 0.370. The maximum atomic E-state index is 13.0. The van der Waals surface area contributed by atoms with E-state index in [1.54, 1.807) is 19.9 Å². The van der Waals surface area contributed by atoms with E-state index < -0.39 is 35.1 Å². The van der Waals surface area contributed by atoms with Crippen molar-refractivity contribution in [1.82, 2.24) is 0 Å². The maximum absolute atomic E-state index is 13.0. The number of benzene rings is 1.